The standard InChI is InChI=1S/C13H23N3O3/c1-10-15-12(19-16-10)6-5-11(18)14-9-13(2,3)7-4-8-17/h17H,4-9H2,1-3H3,(H,14,18). The van der Waals surface area contributed by atoms with Gasteiger partial charge in [-0.05, 0) is 25.2 Å². The molecule has 0 aromatic carbocycles. The SMILES string of the molecule is Cc1noc(CCC(=O)NCC(C)(C)CCCO)n1. The van der Waals surface area contributed by atoms with Crippen LogP contribution in [0.2, 0.25) is 0 Å². The van der Waals surface area contributed by atoms with Gasteiger partial charge in [0.05, 0.1) is 0 Å². The maximum Gasteiger partial charge on any atom is 0.227 e. The van der Waals surface area contributed by atoms with E-state index in [2.05, 4.69) is 29.3 Å². The number of hydrogen-bond acceptors (Lipinski definition) is 5. The Labute approximate surface area is 113 Å². The predicted octanol–water partition coefficient (Wildman–Crippen LogP) is 1.23. The Morgan fingerprint density at radius 2 is 2.21 bits per heavy atom. The first-order valence-corrected chi connectivity index (χ1v) is 6.60. The van der Waals surface area contributed by atoms with Crippen LogP contribution < -0.4 is 5.32 Å². The minimum absolute atomic E-state index is 0.000530. The molecule has 0 unspecified atom stereocenters. The summed E-state index contributed by atoms with van der Waals surface area (Å²) >= 11 is 0. The van der Waals surface area contributed by atoms with Crippen molar-refractivity contribution < 1.29 is 14.4 Å². The normalized spacial score (nSPS) is 11.6. The van der Waals surface area contributed by atoms with Gasteiger partial charge >= 0.3 is 0 Å². The Morgan fingerprint density at radius 3 is 2.79 bits per heavy atom. The molecule has 1 amide bonds. The number of carbonyl (C=O) groups excluding carboxylic acids is 1. The van der Waals surface area contributed by atoms with Crippen LogP contribution in [0.4, 0.5) is 0 Å². The average molecular weight is 269 g/mol. The highest BCUT2D eigenvalue weighted by atomic mass is 16.5. The lowest BCUT2D eigenvalue weighted by Crippen LogP contribution is -2.34. The summed E-state index contributed by atoms with van der Waals surface area (Å²) in [6.07, 6.45) is 2.44. The van der Waals surface area contributed by atoms with Crippen LogP contribution in [-0.4, -0.2) is 34.3 Å². The lowest BCUT2D eigenvalue weighted by atomic mass is 9.88. The molecule has 1 aromatic heterocycles. The molecule has 0 bridgehead atoms. The molecular weight excluding hydrogens is 246 g/mol. The fourth-order valence-electron chi connectivity index (χ4n) is 1.73. The van der Waals surface area contributed by atoms with E-state index in [1.807, 2.05) is 0 Å². The van der Waals surface area contributed by atoms with E-state index in [0.29, 0.717) is 31.1 Å². The van der Waals surface area contributed by atoms with Gasteiger partial charge in [-0.25, -0.2) is 0 Å². The highest BCUT2D eigenvalue weighted by molar-refractivity contribution is 5.76. The first kappa shape index (κ1) is 15.6. The molecule has 1 aromatic rings. The third-order valence-electron chi connectivity index (χ3n) is 2.91. The highest BCUT2D eigenvalue weighted by Crippen LogP contribution is 2.20. The van der Waals surface area contributed by atoms with Crippen LogP contribution in [0, 0.1) is 12.3 Å². The molecule has 0 aliphatic rings. The second kappa shape index (κ2) is 7.23. The van der Waals surface area contributed by atoms with E-state index in [1.165, 1.54) is 0 Å². The number of nitrogens with one attached hydrogen (secondary N) is 1. The number of rotatable bonds is 8. The van der Waals surface area contributed by atoms with E-state index in [0.717, 1.165) is 12.8 Å². The van der Waals surface area contributed by atoms with Gasteiger partial charge in [0.25, 0.3) is 0 Å². The smallest absolute Gasteiger partial charge is 0.227 e. The second-order valence-corrected chi connectivity index (χ2v) is 5.50. The fraction of sp³-hybridized carbons (Fsp3) is 0.769. The van der Waals surface area contributed by atoms with E-state index in [-0.39, 0.29) is 17.9 Å². The van der Waals surface area contributed by atoms with Crippen LogP contribution in [0.15, 0.2) is 4.52 Å². The number of aryl methyl sites for hydroxylation is 2. The lowest BCUT2D eigenvalue weighted by Gasteiger charge is -2.24. The zero-order valence-corrected chi connectivity index (χ0v) is 11.9. The number of aromatic nitrogens is 2. The summed E-state index contributed by atoms with van der Waals surface area (Å²) in [6, 6.07) is 0. The molecule has 0 atom stereocenters. The molecule has 108 valence electrons. The second-order valence-electron chi connectivity index (χ2n) is 5.50. The van der Waals surface area contributed by atoms with Crippen molar-refractivity contribution in [3.8, 4) is 0 Å². The summed E-state index contributed by atoms with van der Waals surface area (Å²) < 4.78 is 4.94. The number of aliphatic hydroxyl groups is 1. The summed E-state index contributed by atoms with van der Waals surface area (Å²) in [7, 11) is 0. The number of amides is 1. The third kappa shape index (κ3) is 6.33. The van der Waals surface area contributed by atoms with E-state index in [1.54, 1.807) is 6.92 Å². The molecule has 0 aliphatic carbocycles. The zero-order valence-electron chi connectivity index (χ0n) is 11.9. The van der Waals surface area contributed by atoms with Crippen LogP contribution in [0.3, 0.4) is 0 Å². The molecule has 0 saturated carbocycles. The van der Waals surface area contributed by atoms with Crippen LogP contribution in [-0.2, 0) is 11.2 Å². The van der Waals surface area contributed by atoms with E-state index >= 15 is 0 Å². The molecule has 2 N–H and O–H groups in total. The van der Waals surface area contributed by atoms with Gasteiger partial charge in [0, 0.05) is 26.0 Å². The molecule has 0 radical (unpaired) electrons. The highest BCUT2D eigenvalue weighted by Gasteiger charge is 2.18. The molecule has 0 spiro atoms. The first-order chi connectivity index (χ1) is 8.93. The maximum atomic E-state index is 11.7. The molecule has 0 aliphatic heterocycles. The quantitative estimate of drug-likeness (QED) is 0.741. The Kier molecular flexibility index (Phi) is 5.95. The summed E-state index contributed by atoms with van der Waals surface area (Å²) in [5, 5.41) is 15.4. The Morgan fingerprint density at radius 1 is 1.47 bits per heavy atom. The summed E-state index contributed by atoms with van der Waals surface area (Å²) in [5.74, 6) is 1.06. The number of carbonyl (C=O) groups is 1. The summed E-state index contributed by atoms with van der Waals surface area (Å²) in [5.41, 5.74) is -0.000530. The molecule has 1 rings (SSSR count). The molecule has 0 fully saturated rings. The predicted molar refractivity (Wildman–Crippen MR) is 70.5 cm³/mol. The van der Waals surface area contributed by atoms with Gasteiger partial charge in [-0.2, -0.15) is 4.98 Å². The molecule has 6 heteroatoms. The van der Waals surface area contributed by atoms with Crippen molar-refractivity contribution in [3.05, 3.63) is 11.7 Å². The van der Waals surface area contributed by atoms with Gasteiger partial charge in [-0.1, -0.05) is 19.0 Å². The fourth-order valence-corrected chi connectivity index (χ4v) is 1.73. The average Bonchev–Trinajstić information content (AvgIpc) is 2.77. The van der Waals surface area contributed by atoms with E-state index < -0.39 is 0 Å². The van der Waals surface area contributed by atoms with E-state index in [9.17, 15) is 4.79 Å². The van der Waals surface area contributed by atoms with Crippen LogP contribution in [0.5, 0.6) is 0 Å². The molecule has 19 heavy (non-hydrogen) atoms. The third-order valence-corrected chi connectivity index (χ3v) is 2.91. The topological polar surface area (TPSA) is 88.2 Å². The Hall–Kier alpha value is -1.43. The van der Waals surface area contributed by atoms with Crippen molar-refractivity contribution in [1.29, 1.82) is 0 Å². The van der Waals surface area contributed by atoms with Crippen molar-refractivity contribution in [2.75, 3.05) is 13.2 Å². The van der Waals surface area contributed by atoms with Crippen molar-refractivity contribution in [1.82, 2.24) is 15.5 Å². The summed E-state index contributed by atoms with van der Waals surface area (Å²) in [4.78, 5) is 15.7. The van der Waals surface area contributed by atoms with Gasteiger partial charge in [-0.15, -0.1) is 0 Å². The summed E-state index contributed by atoms with van der Waals surface area (Å²) in [6.45, 7) is 6.69. The number of aliphatic hydroxyl groups excluding tert-OH is 1. The van der Waals surface area contributed by atoms with Crippen molar-refractivity contribution in [2.24, 2.45) is 5.41 Å². The van der Waals surface area contributed by atoms with Crippen molar-refractivity contribution in [2.45, 2.75) is 46.5 Å². The van der Waals surface area contributed by atoms with Crippen molar-refractivity contribution >= 4 is 5.91 Å². The largest absolute Gasteiger partial charge is 0.396 e. The molecule has 1 heterocycles. The minimum atomic E-state index is -0.0204. The Balaban J connectivity index is 2.24. The van der Waals surface area contributed by atoms with Gasteiger partial charge < -0.3 is 14.9 Å². The number of nitrogens with zero attached hydrogens (tertiary/aromatic N) is 2. The first-order valence-electron chi connectivity index (χ1n) is 6.60. The maximum absolute atomic E-state index is 11.7. The molecular formula is C13H23N3O3. The van der Waals surface area contributed by atoms with Gasteiger partial charge in [0.1, 0.15) is 0 Å². The van der Waals surface area contributed by atoms with Crippen LogP contribution in [0.25, 0.3) is 0 Å². The minimum Gasteiger partial charge on any atom is -0.396 e. The Bertz CT molecular complexity index is 402. The molecule has 6 nitrogen and oxygen atoms in total. The van der Waals surface area contributed by atoms with Gasteiger partial charge in [0.2, 0.25) is 11.8 Å². The van der Waals surface area contributed by atoms with Gasteiger partial charge in [0.15, 0.2) is 5.82 Å². The monoisotopic (exact) mass is 269 g/mol. The zero-order chi connectivity index (χ0) is 14.3. The number of hydrogen-bond donors (Lipinski definition) is 2. The van der Waals surface area contributed by atoms with Crippen LogP contribution >= 0.6 is 0 Å². The van der Waals surface area contributed by atoms with Crippen molar-refractivity contribution in [3.63, 3.8) is 0 Å². The molecule has 0 saturated heterocycles. The lowest BCUT2D eigenvalue weighted by molar-refractivity contribution is -0.121. The van der Waals surface area contributed by atoms with E-state index in [4.69, 9.17) is 9.63 Å². The van der Waals surface area contributed by atoms with Crippen LogP contribution in [0.1, 0.15) is 44.8 Å². The van der Waals surface area contributed by atoms with Gasteiger partial charge in [-0.3, -0.25) is 4.79 Å².